The first-order chi connectivity index (χ1) is 9.08. The van der Waals surface area contributed by atoms with E-state index in [1.54, 1.807) is 0 Å². The zero-order chi connectivity index (χ0) is 13.8. The van der Waals surface area contributed by atoms with Crippen molar-refractivity contribution in [2.45, 2.75) is 19.6 Å². The average Bonchev–Trinajstić information content (AvgIpc) is 2.38. The van der Waals surface area contributed by atoms with E-state index in [0.29, 0.717) is 13.0 Å². The fourth-order valence-corrected chi connectivity index (χ4v) is 2.19. The van der Waals surface area contributed by atoms with E-state index in [0.717, 1.165) is 5.56 Å². The minimum absolute atomic E-state index is 0.0567. The highest BCUT2D eigenvalue weighted by Gasteiger charge is 2.31. The van der Waals surface area contributed by atoms with Crippen molar-refractivity contribution in [3.63, 3.8) is 0 Å². The maximum absolute atomic E-state index is 11.9. The van der Waals surface area contributed by atoms with Gasteiger partial charge in [0, 0.05) is 13.5 Å². The smallest absolute Gasteiger partial charge is 0.244 e. The molecule has 0 aromatic heterocycles. The van der Waals surface area contributed by atoms with Gasteiger partial charge in [-0.05, 0) is 12.0 Å². The number of aliphatic hydroxyl groups is 1. The summed E-state index contributed by atoms with van der Waals surface area (Å²) in [5, 5.41) is 9.95. The van der Waals surface area contributed by atoms with Gasteiger partial charge < -0.3 is 14.9 Å². The summed E-state index contributed by atoms with van der Waals surface area (Å²) in [7, 11) is 0. The van der Waals surface area contributed by atoms with E-state index in [-0.39, 0.29) is 24.9 Å². The van der Waals surface area contributed by atoms with Gasteiger partial charge >= 0.3 is 0 Å². The zero-order valence-electron chi connectivity index (χ0n) is 11.0. The number of β-amino-alcohol motifs (C(OH)–C–C–N with tert-alkyl or cyclic N) is 1. The van der Waals surface area contributed by atoms with Crippen molar-refractivity contribution in [1.29, 1.82) is 0 Å². The number of carbonyl (C=O) groups excluding carboxylic acids is 2. The molecule has 0 aliphatic carbocycles. The Morgan fingerprint density at radius 3 is 2.63 bits per heavy atom. The molecule has 1 saturated heterocycles. The lowest BCUT2D eigenvalue weighted by molar-refractivity contribution is -0.158. The highest BCUT2D eigenvalue weighted by Crippen LogP contribution is 2.11. The van der Waals surface area contributed by atoms with Gasteiger partial charge in [0.1, 0.15) is 6.23 Å². The molecule has 1 atom stereocenters. The third kappa shape index (κ3) is 3.32. The van der Waals surface area contributed by atoms with Crippen LogP contribution in [0.3, 0.4) is 0 Å². The molecule has 1 heterocycles. The minimum atomic E-state index is -0.908. The van der Waals surface area contributed by atoms with Crippen LogP contribution in [0.5, 0.6) is 0 Å². The molecule has 1 fully saturated rings. The van der Waals surface area contributed by atoms with Crippen LogP contribution in [-0.2, 0) is 16.0 Å². The molecule has 1 aliphatic rings. The second kappa shape index (κ2) is 5.84. The Labute approximate surface area is 112 Å². The van der Waals surface area contributed by atoms with Crippen LogP contribution in [0, 0.1) is 0 Å². The van der Waals surface area contributed by atoms with Crippen molar-refractivity contribution in [2.75, 3.05) is 19.6 Å². The first kappa shape index (κ1) is 13.5. The zero-order valence-corrected chi connectivity index (χ0v) is 11.0. The predicted molar refractivity (Wildman–Crippen MR) is 70.1 cm³/mol. The largest absolute Gasteiger partial charge is 0.372 e. The molecule has 0 spiro atoms. The molecule has 0 radical (unpaired) electrons. The number of nitrogens with zero attached hydrogens (tertiary/aromatic N) is 2. The SMILES string of the molecule is CC(=O)N1CC(=O)N(CCc2ccccc2)C(O)C1. The standard InChI is InChI=1S/C14H18N2O3/c1-11(17)15-9-13(18)16(14(19)10-15)8-7-12-5-3-2-4-6-12/h2-6,13,18H,7-10H2,1H3. The van der Waals surface area contributed by atoms with Crippen LogP contribution in [0.1, 0.15) is 12.5 Å². The third-order valence-corrected chi connectivity index (χ3v) is 3.32. The lowest BCUT2D eigenvalue weighted by atomic mass is 10.1. The average molecular weight is 262 g/mol. The van der Waals surface area contributed by atoms with Gasteiger partial charge in [0.25, 0.3) is 0 Å². The summed E-state index contributed by atoms with van der Waals surface area (Å²) in [5.41, 5.74) is 1.12. The van der Waals surface area contributed by atoms with Crippen LogP contribution in [0.4, 0.5) is 0 Å². The van der Waals surface area contributed by atoms with Crippen LogP contribution in [0.15, 0.2) is 30.3 Å². The van der Waals surface area contributed by atoms with E-state index >= 15 is 0 Å². The number of amides is 2. The summed E-state index contributed by atoms with van der Waals surface area (Å²) in [6.45, 7) is 2.12. The number of hydrogen-bond acceptors (Lipinski definition) is 3. The molecule has 1 N–H and O–H groups in total. The monoisotopic (exact) mass is 262 g/mol. The molecule has 1 aromatic rings. The first-order valence-electron chi connectivity index (χ1n) is 6.35. The summed E-state index contributed by atoms with van der Waals surface area (Å²) in [6.07, 6.45) is -0.210. The molecule has 1 unspecified atom stereocenters. The topological polar surface area (TPSA) is 60.9 Å². The normalized spacial score (nSPS) is 19.7. The predicted octanol–water partition coefficient (Wildman–Crippen LogP) is 0.238. The van der Waals surface area contributed by atoms with E-state index < -0.39 is 6.23 Å². The van der Waals surface area contributed by atoms with E-state index in [4.69, 9.17) is 0 Å². The molecule has 0 saturated carbocycles. The van der Waals surface area contributed by atoms with Gasteiger partial charge in [0.15, 0.2) is 0 Å². The number of rotatable bonds is 3. The van der Waals surface area contributed by atoms with Crippen molar-refractivity contribution in [2.24, 2.45) is 0 Å². The van der Waals surface area contributed by atoms with E-state index in [1.807, 2.05) is 30.3 Å². The Bertz CT molecular complexity index is 461. The summed E-state index contributed by atoms with van der Waals surface area (Å²) in [4.78, 5) is 25.9. The summed E-state index contributed by atoms with van der Waals surface area (Å²) >= 11 is 0. The summed E-state index contributed by atoms with van der Waals surface area (Å²) in [5.74, 6) is -0.389. The molecule has 2 amide bonds. The van der Waals surface area contributed by atoms with Crippen molar-refractivity contribution >= 4 is 11.8 Å². The lowest BCUT2D eigenvalue weighted by Crippen LogP contribution is -2.57. The third-order valence-electron chi connectivity index (χ3n) is 3.32. The second-order valence-corrected chi connectivity index (χ2v) is 4.70. The Kier molecular flexibility index (Phi) is 4.16. The molecule has 1 aliphatic heterocycles. The summed E-state index contributed by atoms with van der Waals surface area (Å²) in [6, 6.07) is 9.81. The van der Waals surface area contributed by atoms with Gasteiger partial charge in [-0.25, -0.2) is 0 Å². The van der Waals surface area contributed by atoms with Gasteiger partial charge in [-0.15, -0.1) is 0 Å². The fraction of sp³-hybridized carbons (Fsp3) is 0.429. The Morgan fingerprint density at radius 1 is 1.37 bits per heavy atom. The molecule has 19 heavy (non-hydrogen) atoms. The van der Waals surface area contributed by atoms with Gasteiger partial charge in [0.05, 0.1) is 13.1 Å². The van der Waals surface area contributed by atoms with Crippen molar-refractivity contribution in [3.05, 3.63) is 35.9 Å². The van der Waals surface area contributed by atoms with Gasteiger partial charge in [0.2, 0.25) is 11.8 Å². The van der Waals surface area contributed by atoms with Gasteiger partial charge in [-0.2, -0.15) is 0 Å². The van der Waals surface area contributed by atoms with Crippen LogP contribution < -0.4 is 0 Å². The Balaban J connectivity index is 1.94. The van der Waals surface area contributed by atoms with Crippen LogP contribution in [0.25, 0.3) is 0 Å². The van der Waals surface area contributed by atoms with Crippen molar-refractivity contribution < 1.29 is 14.7 Å². The number of piperazine rings is 1. The van der Waals surface area contributed by atoms with Crippen LogP contribution >= 0.6 is 0 Å². The number of hydrogen-bond donors (Lipinski definition) is 1. The van der Waals surface area contributed by atoms with Crippen LogP contribution in [0.2, 0.25) is 0 Å². The van der Waals surface area contributed by atoms with Crippen molar-refractivity contribution in [3.8, 4) is 0 Å². The van der Waals surface area contributed by atoms with E-state index in [2.05, 4.69) is 0 Å². The lowest BCUT2D eigenvalue weighted by Gasteiger charge is -2.38. The maximum atomic E-state index is 11.9. The van der Waals surface area contributed by atoms with Gasteiger partial charge in [-0.1, -0.05) is 30.3 Å². The maximum Gasteiger partial charge on any atom is 0.244 e. The molecule has 5 heteroatoms. The molecule has 2 rings (SSSR count). The van der Waals surface area contributed by atoms with Crippen molar-refractivity contribution in [1.82, 2.24) is 9.80 Å². The minimum Gasteiger partial charge on any atom is -0.372 e. The molecule has 5 nitrogen and oxygen atoms in total. The van der Waals surface area contributed by atoms with Crippen LogP contribution in [-0.4, -0.2) is 52.6 Å². The Hall–Kier alpha value is -1.88. The second-order valence-electron chi connectivity index (χ2n) is 4.70. The molecule has 1 aromatic carbocycles. The molecular weight excluding hydrogens is 244 g/mol. The van der Waals surface area contributed by atoms with Gasteiger partial charge in [-0.3, -0.25) is 9.59 Å². The number of aliphatic hydroxyl groups excluding tert-OH is 1. The molecular formula is C14H18N2O3. The molecule has 102 valence electrons. The quantitative estimate of drug-likeness (QED) is 0.848. The highest BCUT2D eigenvalue weighted by molar-refractivity contribution is 5.85. The summed E-state index contributed by atoms with van der Waals surface area (Å²) < 4.78 is 0. The number of carbonyl (C=O) groups is 2. The van der Waals surface area contributed by atoms with E-state index in [9.17, 15) is 14.7 Å². The number of benzene rings is 1. The first-order valence-corrected chi connectivity index (χ1v) is 6.35. The molecule has 0 bridgehead atoms. The highest BCUT2D eigenvalue weighted by atomic mass is 16.3. The Morgan fingerprint density at radius 2 is 2.05 bits per heavy atom. The van der Waals surface area contributed by atoms with E-state index in [1.165, 1.54) is 16.7 Å². The fourth-order valence-electron chi connectivity index (χ4n) is 2.19.